The van der Waals surface area contributed by atoms with Gasteiger partial charge >= 0.3 is 5.97 Å². The van der Waals surface area contributed by atoms with Crippen molar-refractivity contribution in [2.24, 2.45) is 11.8 Å². The predicted octanol–water partition coefficient (Wildman–Crippen LogP) is 4.59. The lowest BCUT2D eigenvalue weighted by atomic mass is 9.70. The first-order valence-electron chi connectivity index (χ1n) is 14.8. The summed E-state index contributed by atoms with van der Waals surface area (Å²) in [5, 5.41) is 12.7. The SMILES string of the molecule is C=CCCOC(=O)[C@@H]1[C@@H]2CCC3(O2)C(C(=O)N(CC=C)c2ccc4ccccc4c2)N([C@H](CO)c2ccccc2)C(=O)[C@H]13. The van der Waals surface area contributed by atoms with E-state index in [1.807, 2.05) is 72.8 Å². The van der Waals surface area contributed by atoms with Gasteiger partial charge in [-0.2, -0.15) is 0 Å². The molecule has 43 heavy (non-hydrogen) atoms. The molecule has 0 radical (unpaired) electrons. The zero-order chi connectivity index (χ0) is 30.1. The number of benzene rings is 3. The van der Waals surface area contributed by atoms with Crippen molar-refractivity contribution in [3.63, 3.8) is 0 Å². The number of hydrogen-bond donors (Lipinski definition) is 1. The number of aliphatic hydroxyl groups excluding tert-OH is 1. The highest BCUT2D eigenvalue weighted by Crippen LogP contribution is 2.60. The Balaban J connectivity index is 1.45. The number of ether oxygens (including phenoxy) is 2. The second-order valence-electron chi connectivity index (χ2n) is 11.4. The van der Waals surface area contributed by atoms with E-state index in [9.17, 15) is 19.5 Å². The van der Waals surface area contributed by atoms with Crippen molar-refractivity contribution in [2.75, 3.05) is 24.7 Å². The van der Waals surface area contributed by atoms with Crippen molar-refractivity contribution in [3.05, 3.63) is 104 Å². The monoisotopic (exact) mass is 580 g/mol. The fourth-order valence-electron chi connectivity index (χ4n) is 7.29. The number of esters is 1. The Morgan fingerprint density at radius 3 is 2.53 bits per heavy atom. The van der Waals surface area contributed by atoms with Crippen LogP contribution in [0.3, 0.4) is 0 Å². The van der Waals surface area contributed by atoms with Crippen molar-refractivity contribution in [1.29, 1.82) is 0 Å². The van der Waals surface area contributed by atoms with Gasteiger partial charge in [0.25, 0.3) is 5.91 Å². The number of carbonyl (C=O) groups is 3. The van der Waals surface area contributed by atoms with Gasteiger partial charge in [0.1, 0.15) is 11.6 Å². The molecule has 0 aromatic heterocycles. The third-order valence-electron chi connectivity index (χ3n) is 9.13. The lowest BCUT2D eigenvalue weighted by Gasteiger charge is -2.39. The van der Waals surface area contributed by atoms with Crippen LogP contribution in [-0.2, 0) is 23.9 Å². The van der Waals surface area contributed by atoms with Crippen molar-refractivity contribution < 1.29 is 29.0 Å². The van der Waals surface area contributed by atoms with Gasteiger partial charge in [-0.1, -0.05) is 72.8 Å². The summed E-state index contributed by atoms with van der Waals surface area (Å²) in [7, 11) is 0. The van der Waals surface area contributed by atoms with Gasteiger partial charge in [0.2, 0.25) is 5.91 Å². The maximum Gasteiger partial charge on any atom is 0.312 e. The van der Waals surface area contributed by atoms with Crippen LogP contribution in [0.4, 0.5) is 5.69 Å². The summed E-state index contributed by atoms with van der Waals surface area (Å²) in [6, 6.07) is 20.9. The van der Waals surface area contributed by atoms with Crippen molar-refractivity contribution in [1.82, 2.24) is 4.90 Å². The summed E-state index contributed by atoms with van der Waals surface area (Å²) >= 11 is 0. The molecule has 3 aromatic carbocycles. The van der Waals surface area contributed by atoms with Crippen molar-refractivity contribution in [2.45, 2.75) is 43.1 Å². The minimum Gasteiger partial charge on any atom is -0.465 e. The summed E-state index contributed by atoms with van der Waals surface area (Å²) in [4.78, 5) is 45.9. The Kier molecular flexibility index (Phi) is 7.90. The van der Waals surface area contributed by atoms with E-state index in [0.717, 1.165) is 10.8 Å². The molecule has 6 rings (SSSR count). The highest BCUT2D eigenvalue weighted by molar-refractivity contribution is 6.05. The largest absolute Gasteiger partial charge is 0.465 e. The molecule has 2 amide bonds. The van der Waals surface area contributed by atoms with Gasteiger partial charge in [-0.15, -0.1) is 13.2 Å². The molecule has 3 saturated heterocycles. The lowest BCUT2D eigenvalue weighted by molar-refractivity contribution is -0.155. The van der Waals surface area contributed by atoms with E-state index in [1.54, 1.807) is 17.1 Å². The molecule has 222 valence electrons. The number of amides is 2. The first-order valence-corrected chi connectivity index (χ1v) is 14.8. The molecule has 3 aliphatic rings. The predicted molar refractivity (Wildman–Crippen MR) is 163 cm³/mol. The second kappa shape index (κ2) is 11.8. The number of likely N-dealkylation sites (tertiary alicyclic amines) is 1. The van der Waals surface area contributed by atoms with Gasteiger partial charge < -0.3 is 24.4 Å². The van der Waals surface area contributed by atoms with Crippen LogP contribution < -0.4 is 4.90 Å². The number of aliphatic hydroxyl groups is 1. The Morgan fingerprint density at radius 2 is 1.81 bits per heavy atom. The lowest BCUT2D eigenvalue weighted by Crippen LogP contribution is -2.57. The van der Waals surface area contributed by atoms with Crippen LogP contribution in [0.5, 0.6) is 0 Å². The van der Waals surface area contributed by atoms with Gasteiger partial charge in [0.05, 0.1) is 37.2 Å². The van der Waals surface area contributed by atoms with E-state index in [0.29, 0.717) is 30.5 Å². The second-order valence-corrected chi connectivity index (χ2v) is 11.4. The molecule has 1 N–H and O–H groups in total. The van der Waals surface area contributed by atoms with Gasteiger partial charge in [-0.25, -0.2) is 0 Å². The molecular formula is C35H36N2O6. The molecule has 3 aliphatic heterocycles. The Morgan fingerprint density at radius 1 is 1.07 bits per heavy atom. The quantitative estimate of drug-likeness (QED) is 0.203. The Labute approximate surface area is 251 Å². The molecule has 1 spiro atoms. The fourth-order valence-corrected chi connectivity index (χ4v) is 7.29. The first kappa shape index (κ1) is 28.8. The molecule has 3 fully saturated rings. The maximum absolute atomic E-state index is 14.9. The van der Waals surface area contributed by atoms with Gasteiger partial charge in [0.15, 0.2) is 0 Å². The molecule has 8 nitrogen and oxygen atoms in total. The Hall–Kier alpha value is -4.27. The molecule has 0 aliphatic carbocycles. The third-order valence-corrected chi connectivity index (χ3v) is 9.13. The number of carbonyl (C=O) groups excluding carboxylic acids is 3. The van der Waals surface area contributed by atoms with Crippen molar-refractivity contribution >= 4 is 34.2 Å². The molecule has 8 heteroatoms. The average molecular weight is 581 g/mol. The standard InChI is InChI=1S/C35H36N2O6/c1-3-5-20-42-34(41)29-28-17-18-35(43-28)30(29)32(39)37(27(22-38)24-12-7-6-8-13-24)31(35)33(40)36(19-4-2)26-16-15-23-11-9-10-14-25(23)21-26/h3-4,6-16,21,27-31,38H,1-2,5,17-20,22H2/t27-,28+,29-,30+,31?,35?/m1/s1. The number of hydrogen-bond acceptors (Lipinski definition) is 6. The highest BCUT2D eigenvalue weighted by atomic mass is 16.6. The number of anilines is 1. The summed E-state index contributed by atoms with van der Waals surface area (Å²) in [5.41, 5.74) is 0.108. The van der Waals surface area contributed by atoms with E-state index in [4.69, 9.17) is 9.47 Å². The molecule has 2 bridgehead atoms. The zero-order valence-corrected chi connectivity index (χ0v) is 24.0. The van der Waals surface area contributed by atoms with Crippen molar-refractivity contribution in [3.8, 4) is 0 Å². The highest BCUT2D eigenvalue weighted by Gasteiger charge is 2.75. The summed E-state index contributed by atoms with van der Waals surface area (Å²) in [6.07, 6.45) is 4.23. The summed E-state index contributed by atoms with van der Waals surface area (Å²) in [6.45, 7) is 7.53. The fraction of sp³-hybridized carbons (Fsp3) is 0.343. The average Bonchev–Trinajstić information content (AvgIpc) is 3.68. The van der Waals surface area contributed by atoms with E-state index < -0.39 is 48.2 Å². The minimum absolute atomic E-state index is 0.157. The molecule has 2 unspecified atom stereocenters. The number of nitrogens with zero attached hydrogens (tertiary/aromatic N) is 2. The van der Waals surface area contributed by atoms with Crippen LogP contribution in [-0.4, -0.2) is 65.3 Å². The zero-order valence-electron chi connectivity index (χ0n) is 24.0. The molecule has 3 heterocycles. The van der Waals surface area contributed by atoms with Gasteiger partial charge in [-0.3, -0.25) is 14.4 Å². The van der Waals surface area contributed by atoms with Crippen LogP contribution >= 0.6 is 0 Å². The van der Waals surface area contributed by atoms with Crippen LogP contribution in [0, 0.1) is 11.8 Å². The van der Waals surface area contributed by atoms with Crippen LogP contribution in [0.25, 0.3) is 10.8 Å². The summed E-state index contributed by atoms with van der Waals surface area (Å²) in [5.74, 6) is -2.98. The number of rotatable bonds is 11. The molecule has 3 aromatic rings. The topological polar surface area (TPSA) is 96.4 Å². The smallest absolute Gasteiger partial charge is 0.312 e. The van der Waals surface area contributed by atoms with Crippen LogP contribution in [0.1, 0.15) is 30.9 Å². The van der Waals surface area contributed by atoms with E-state index in [2.05, 4.69) is 13.2 Å². The summed E-state index contributed by atoms with van der Waals surface area (Å²) < 4.78 is 12.1. The minimum atomic E-state index is -1.24. The third kappa shape index (κ3) is 4.75. The molecule has 6 atom stereocenters. The normalized spacial score (nSPS) is 26.3. The van der Waals surface area contributed by atoms with Gasteiger partial charge in [0, 0.05) is 12.2 Å². The molecular weight excluding hydrogens is 544 g/mol. The van der Waals surface area contributed by atoms with E-state index in [-0.39, 0.29) is 25.0 Å². The van der Waals surface area contributed by atoms with E-state index >= 15 is 0 Å². The number of fused-ring (bicyclic) bond motifs is 2. The van der Waals surface area contributed by atoms with Gasteiger partial charge in [-0.05, 0) is 47.7 Å². The van der Waals surface area contributed by atoms with E-state index in [1.165, 1.54) is 4.90 Å². The van der Waals surface area contributed by atoms with Crippen LogP contribution in [0.2, 0.25) is 0 Å². The molecule has 0 saturated carbocycles. The Bertz CT molecular complexity index is 1560. The maximum atomic E-state index is 14.9. The van der Waals surface area contributed by atoms with Crippen LogP contribution in [0.15, 0.2) is 98.1 Å². The first-order chi connectivity index (χ1) is 20.9.